The van der Waals surface area contributed by atoms with Crippen molar-refractivity contribution in [1.29, 1.82) is 0 Å². The SMILES string of the molecule is CN=C(NCc1ccon1)N(C)CCC1CCOCC1.I. The second-order valence-corrected chi connectivity index (χ2v) is 5.16. The zero-order chi connectivity index (χ0) is 14.2. The number of hydrogen-bond donors (Lipinski definition) is 1. The lowest BCUT2D eigenvalue weighted by Gasteiger charge is -2.26. The van der Waals surface area contributed by atoms with Crippen LogP contribution >= 0.6 is 24.0 Å². The molecule has 1 aliphatic rings. The third-order valence-corrected chi connectivity index (χ3v) is 3.71. The van der Waals surface area contributed by atoms with Gasteiger partial charge in [0.15, 0.2) is 5.96 Å². The predicted molar refractivity (Wildman–Crippen MR) is 92.9 cm³/mol. The number of nitrogens with zero attached hydrogens (tertiary/aromatic N) is 3. The van der Waals surface area contributed by atoms with Gasteiger partial charge in [0.1, 0.15) is 12.0 Å². The molecular weight excluding hydrogens is 383 g/mol. The maximum absolute atomic E-state index is 5.39. The van der Waals surface area contributed by atoms with Gasteiger partial charge in [-0.05, 0) is 25.2 Å². The second-order valence-electron chi connectivity index (χ2n) is 5.16. The second kappa shape index (κ2) is 9.99. The molecule has 1 saturated heterocycles. The fourth-order valence-corrected chi connectivity index (χ4v) is 2.40. The fraction of sp³-hybridized carbons (Fsp3) is 0.714. The van der Waals surface area contributed by atoms with Gasteiger partial charge in [0, 0.05) is 39.9 Å². The van der Waals surface area contributed by atoms with Crippen LogP contribution in [0.1, 0.15) is 25.0 Å². The van der Waals surface area contributed by atoms with E-state index in [2.05, 4.69) is 27.4 Å². The first-order valence-electron chi connectivity index (χ1n) is 7.18. The van der Waals surface area contributed by atoms with E-state index >= 15 is 0 Å². The summed E-state index contributed by atoms with van der Waals surface area (Å²) in [5.41, 5.74) is 0.879. The van der Waals surface area contributed by atoms with E-state index in [0.717, 1.165) is 37.3 Å². The number of guanidine groups is 1. The van der Waals surface area contributed by atoms with Crippen molar-refractivity contribution in [2.24, 2.45) is 10.9 Å². The van der Waals surface area contributed by atoms with Gasteiger partial charge in [0.05, 0.1) is 6.54 Å². The summed E-state index contributed by atoms with van der Waals surface area (Å²) in [6.07, 6.45) is 5.12. The van der Waals surface area contributed by atoms with Crippen LogP contribution in [0.5, 0.6) is 0 Å². The summed E-state index contributed by atoms with van der Waals surface area (Å²) in [6, 6.07) is 1.85. The Hall–Kier alpha value is -0.830. The highest BCUT2D eigenvalue weighted by Gasteiger charge is 2.15. The number of aromatic nitrogens is 1. The van der Waals surface area contributed by atoms with Crippen LogP contribution in [0.15, 0.2) is 21.8 Å². The van der Waals surface area contributed by atoms with Gasteiger partial charge < -0.3 is 19.5 Å². The maximum atomic E-state index is 5.39. The maximum Gasteiger partial charge on any atom is 0.193 e. The van der Waals surface area contributed by atoms with Gasteiger partial charge in [-0.2, -0.15) is 0 Å². The Kier molecular flexibility index (Phi) is 8.67. The predicted octanol–water partition coefficient (Wildman–Crippen LogP) is 2.12. The number of ether oxygens (including phenoxy) is 1. The van der Waals surface area contributed by atoms with Crippen molar-refractivity contribution in [3.8, 4) is 0 Å². The summed E-state index contributed by atoms with van der Waals surface area (Å²) in [5.74, 6) is 1.67. The molecule has 0 unspecified atom stereocenters. The Morgan fingerprint density at radius 2 is 2.24 bits per heavy atom. The van der Waals surface area contributed by atoms with Gasteiger partial charge in [-0.3, -0.25) is 4.99 Å². The van der Waals surface area contributed by atoms with E-state index < -0.39 is 0 Å². The topological polar surface area (TPSA) is 62.9 Å². The summed E-state index contributed by atoms with van der Waals surface area (Å²) in [5, 5.41) is 7.16. The summed E-state index contributed by atoms with van der Waals surface area (Å²) >= 11 is 0. The highest BCUT2D eigenvalue weighted by molar-refractivity contribution is 14.0. The average Bonchev–Trinajstić information content (AvgIpc) is 3.00. The molecule has 0 spiro atoms. The molecule has 7 heteroatoms. The van der Waals surface area contributed by atoms with Crippen LogP contribution in [0.3, 0.4) is 0 Å². The quantitative estimate of drug-likeness (QED) is 0.460. The van der Waals surface area contributed by atoms with Crippen LogP contribution in [-0.2, 0) is 11.3 Å². The normalized spacial score (nSPS) is 16.4. The number of aliphatic imine (C=N–C) groups is 1. The minimum absolute atomic E-state index is 0. The van der Waals surface area contributed by atoms with Gasteiger partial charge in [0.25, 0.3) is 0 Å². The smallest absolute Gasteiger partial charge is 0.193 e. The van der Waals surface area contributed by atoms with Gasteiger partial charge in [-0.25, -0.2) is 0 Å². The summed E-state index contributed by atoms with van der Waals surface area (Å²) in [4.78, 5) is 6.46. The van der Waals surface area contributed by atoms with Crippen LogP contribution in [0.2, 0.25) is 0 Å². The Balaban J connectivity index is 0.00000220. The minimum Gasteiger partial charge on any atom is -0.381 e. The minimum atomic E-state index is 0. The molecule has 0 radical (unpaired) electrons. The van der Waals surface area contributed by atoms with Gasteiger partial charge in [-0.15, -0.1) is 24.0 Å². The van der Waals surface area contributed by atoms with Crippen molar-refractivity contribution in [2.75, 3.05) is 33.9 Å². The zero-order valence-corrected chi connectivity index (χ0v) is 15.1. The van der Waals surface area contributed by atoms with Gasteiger partial charge in [0.2, 0.25) is 0 Å². The average molecular weight is 408 g/mol. The highest BCUT2D eigenvalue weighted by Crippen LogP contribution is 2.18. The van der Waals surface area contributed by atoms with Crippen molar-refractivity contribution in [2.45, 2.75) is 25.8 Å². The molecule has 6 nitrogen and oxygen atoms in total. The first-order valence-corrected chi connectivity index (χ1v) is 7.18. The van der Waals surface area contributed by atoms with Gasteiger partial charge in [-0.1, -0.05) is 5.16 Å². The third kappa shape index (κ3) is 6.21. The number of halogens is 1. The molecule has 2 rings (SSSR count). The van der Waals surface area contributed by atoms with E-state index in [1.807, 2.05) is 6.07 Å². The van der Waals surface area contributed by atoms with Crippen molar-refractivity contribution >= 4 is 29.9 Å². The Morgan fingerprint density at radius 1 is 1.48 bits per heavy atom. The molecule has 1 N–H and O–H groups in total. The molecular formula is C14H25IN4O2. The number of rotatable bonds is 5. The highest BCUT2D eigenvalue weighted by atomic mass is 127. The molecule has 0 amide bonds. The summed E-state index contributed by atoms with van der Waals surface area (Å²) < 4.78 is 10.2. The van der Waals surface area contributed by atoms with Crippen LogP contribution in [0.4, 0.5) is 0 Å². The molecule has 0 atom stereocenters. The van der Waals surface area contributed by atoms with Crippen molar-refractivity contribution in [1.82, 2.24) is 15.4 Å². The third-order valence-electron chi connectivity index (χ3n) is 3.71. The molecule has 1 aromatic rings. The van der Waals surface area contributed by atoms with E-state index in [1.165, 1.54) is 19.3 Å². The number of hydrogen-bond acceptors (Lipinski definition) is 4. The molecule has 0 aliphatic carbocycles. The van der Waals surface area contributed by atoms with E-state index in [9.17, 15) is 0 Å². The molecule has 1 fully saturated rings. The van der Waals surface area contributed by atoms with E-state index in [4.69, 9.17) is 9.26 Å². The Bertz CT molecular complexity index is 405. The Labute approximate surface area is 143 Å². The van der Waals surface area contributed by atoms with Crippen molar-refractivity contribution in [3.63, 3.8) is 0 Å². The van der Waals surface area contributed by atoms with E-state index in [0.29, 0.717) is 6.54 Å². The zero-order valence-electron chi connectivity index (χ0n) is 12.7. The largest absolute Gasteiger partial charge is 0.381 e. The number of nitrogens with one attached hydrogen (secondary N) is 1. The lowest BCUT2D eigenvalue weighted by Crippen LogP contribution is -2.39. The molecule has 120 valence electrons. The van der Waals surface area contributed by atoms with Crippen LogP contribution < -0.4 is 5.32 Å². The van der Waals surface area contributed by atoms with Crippen LogP contribution in [0.25, 0.3) is 0 Å². The van der Waals surface area contributed by atoms with Gasteiger partial charge >= 0.3 is 0 Å². The van der Waals surface area contributed by atoms with Crippen LogP contribution in [-0.4, -0.2) is 49.9 Å². The van der Waals surface area contributed by atoms with E-state index in [-0.39, 0.29) is 24.0 Å². The molecule has 21 heavy (non-hydrogen) atoms. The first kappa shape index (κ1) is 18.2. The van der Waals surface area contributed by atoms with E-state index in [1.54, 1.807) is 13.3 Å². The summed E-state index contributed by atoms with van der Waals surface area (Å²) in [7, 11) is 3.87. The molecule has 0 saturated carbocycles. The lowest BCUT2D eigenvalue weighted by atomic mass is 9.96. The molecule has 2 heterocycles. The molecule has 1 aliphatic heterocycles. The van der Waals surface area contributed by atoms with Crippen molar-refractivity contribution < 1.29 is 9.26 Å². The molecule has 1 aromatic heterocycles. The standard InChI is InChI=1S/C14H24N4O2.HI/c1-15-14(16-11-13-6-10-20-17-13)18(2)7-3-12-4-8-19-9-5-12;/h6,10,12H,3-5,7-9,11H2,1-2H3,(H,15,16);1H. The molecule has 0 bridgehead atoms. The first-order chi connectivity index (χ1) is 9.79. The monoisotopic (exact) mass is 408 g/mol. The Morgan fingerprint density at radius 3 is 2.86 bits per heavy atom. The summed E-state index contributed by atoms with van der Waals surface area (Å²) in [6.45, 7) is 3.45. The van der Waals surface area contributed by atoms with Crippen LogP contribution in [0, 0.1) is 5.92 Å². The lowest BCUT2D eigenvalue weighted by molar-refractivity contribution is 0.0625. The molecule has 0 aromatic carbocycles. The fourth-order valence-electron chi connectivity index (χ4n) is 2.40. The van der Waals surface area contributed by atoms with Crippen molar-refractivity contribution in [3.05, 3.63) is 18.0 Å².